The number of ether oxygens (including phenoxy) is 2. The van der Waals surface area contributed by atoms with E-state index in [-0.39, 0.29) is 11.6 Å². The number of hydrogen-bond acceptors (Lipinski definition) is 3. The SMILES string of the molecule is COc1cccc(CCNCc2cccc(OC)c2F)c1. The maximum Gasteiger partial charge on any atom is 0.169 e. The molecule has 0 radical (unpaired) electrons. The van der Waals surface area contributed by atoms with E-state index in [1.807, 2.05) is 18.2 Å². The maximum absolute atomic E-state index is 13.9. The third-order valence-electron chi connectivity index (χ3n) is 3.30. The van der Waals surface area contributed by atoms with Crippen molar-refractivity contribution in [3.8, 4) is 11.5 Å². The lowest BCUT2D eigenvalue weighted by Crippen LogP contribution is -2.17. The van der Waals surface area contributed by atoms with E-state index in [1.165, 1.54) is 12.7 Å². The second kappa shape index (κ2) is 7.64. The van der Waals surface area contributed by atoms with Gasteiger partial charge in [-0.1, -0.05) is 24.3 Å². The molecular formula is C17H20FNO2. The van der Waals surface area contributed by atoms with Crippen LogP contribution in [0, 0.1) is 5.82 Å². The number of benzene rings is 2. The van der Waals surface area contributed by atoms with Crippen molar-refractivity contribution in [2.75, 3.05) is 20.8 Å². The molecule has 0 aliphatic carbocycles. The van der Waals surface area contributed by atoms with Crippen molar-refractivity contribution in [1.29, 1.82) is 0 Å². The monoisotopic (exact) mass is 289 g/mol. The number of methoxy groups -OCH3 is 2. The van der Waals surface area contributed by atoms with E-state index in [9.17, 15) is 4.39 Å². The Morgan fingerprint density at radius 1 is 1.05 bits per heavy atom. The highest BCUT2D eigenvalue weighted by atomic mass is 19.1. The minimum absolute atomic E-state index is 0.280. The highest BCUT2D eigenvalue weighted by Gasteiger charge is 2.07. The van der Waals surface area contributed by atoms with Crippen LogP contribution in [0.1, 0.15) is 11.1 Å². The summed E-state index contributed by atoms with van der Waals surface area (Å²) in [6.45, 7) is 1.25. The Kier molecular flexibility index (Phi) is 5.58. The average molecular weight is 289 g/mol. The summed E-state index contributed by atoms with van der Waals surface area (Å²) in [5.41, 5.74) is 1.80. The number of rotatable bonds is 7. The minimum atomic E-state index is -0.297. The quantitative estimate of drug-likeness (QED) is 0.794. The van der Waals surface area contributed by atoms with E-state index in [2.05, 4.69) is 11.4 Å². The van der Waals surface area contributed by atoms with Crippen molar-refractivity contribution in [2.24, 2.45) is 0 Å². The molecule has 0 saturated carbocycles. The summed E-state index contributed by atoms with van der Waals surface area (Å²) in [7, 11) is 3.13. The fourth-order valence-electron chi connectivity index (χ4n) is 2.13. The molecule has 0 unspecified atom stereocenters. The number of halogens is 1. The van der Waals surface area contributed by atoms with Crippen molar-refractivity contribution in [2.45, 2.75) is 13.0 Å². The number of hydrogen-bond donors (Lipinski definition) is 1. The zero-order valence-electron chi connectivity index (χ0n) is 12.4. The van der Waals surface area contributed by atoms with Crippen LogP contribution in [-0.4, -0.2) is 20.8 Å². The molecule has 2 rings (SSSR count). The molecule has 1 N–H and O–H groups in total. The predicted octanol–water partition coefficient (Wildman–Crippen LogP) is 3.18. The maximum atomic E-state index is 13.9. The Labute approximate surface area is 124 Å². The predicted molar refractivity (Wildman–Crippen MR) is 81.4 cm³/mol. The average Bonchev–Trinajstić information content (AvgIpc) is 2.53. The van der Waals surface area contributed by atoms with Crippen molar-refractivity contribution >= 4 is 0 Å². The minimum Gasteiger partial charge on any atom is -0.497 e. The molecule has 112 valence electrons. The van der Waals surface area contributed by atoms with Gasteiger partial charge >= 0.3 is 0 Å². The van der Waals surface area contributed by atoms with Crippen molar-refractivity contribution in [3.63, 3.8) is 0 Å². The summed E-state index contributed by atoms with van der Waals surface area (Å²) in [6.07, 6.45) is 0.864. The Morgan fingerprint density at radius 2 is 1.86 bits per heavy atom. The molecule has 0 atom stereocenters. The Bertz CT molecular complexity index is 587. The topological polar surface area (TPSA) is 30.5 Å². The summed E-state index contributed by atoms with van der Waals surface area (Å²) in [4.78, 5) is 0. The summed E-state index contributed by atoms with van der Waals surface area (Å²) in [5.74, 6) is 0.835. The molecule has 0 heterocycles. The van der Waals surface area contributed by atoms with E-state index < -0.39 is 0 Å². The van der Waals surface area contributed by atoms with Gasteiger partial charge in [-0.25, -0.2) is 4.39 Å². The Balaban J connectivity index is 1.84. The molecule has 3 nitrogen and oxygen atoms in total. The zero-order valence-corrected chi connectivity index (χ0v) is 12.4. The smallest absolute Gasteiger partial charge is 0.169 e. The molecule has 0 aliphatic rings. The highest BCUT2D eigenvalue weighted by molar-refractivity contribution is 5.31. The van der Waals surface area contributed by atoms with Gasteiger partial charge in [0.25, 0.3) is 0 Å². The van der Waals surface area contributed by atoms with Gasteiger partial charge in [-0.05, 0) is 36.7 Å². The normalized spacial score (nSPS) is 10.4. The summed E-state index contributed by atoms with van der Waals surface area (Å²) in [5, 5.41) is 3.24. The first-order chi connectivity index (χ1) is 10.2. The van der Waals surface area contributed by atoms with Crippen LogP contribution >= 0.6 is 0 Å². The van der Waals surface area contributed by atoms with Crippen molar-refractivity contribution in [3.05, 3.63) is 59.4 Å². The molecule has 2 aromatic rings. The third kappa shape index (κ3) is 4.20. The van der Waals surface area contributed by atoms with Crippen LogP contribution in [-0.2, 0) is 13.0 Å². The lowest BCUT2D eigenvalue weighted by Gasteiger charge is -2.09. The fraction of sp³-hybridized carbons (Fsp3) is 0.294. The van der Waals surface area contributed by atoms with Crippen LogP contribution in [0.15, 0.2) is 42.5 Å². The van der Waals surface area contributed by atoms with Crippen LogP contribution in [0.4, 0.5) is 4.39 Å². The first-order valence-corrected chi connectivity index (χ1v) is 6.89. The molecule has 0 aromatic heterocycles. The van der Waals surface area contributed by atoms with Gasteiger partial charge in [-0.15, -0.1) is 0 Å². The van der Waals surface area contributed by atoms with Gasteiger partial charge < -0.3 is 14.8 Å². The lowest BCUT2D eigenvalue weighted by molar-refractivity contribution is 0.383. The van der Waals surface area contributed by atoms with Gasteiger partial charge in [0.15, 0.2) is 11.6 Å². The van der Waals surface area contributed by atoms with Gasteiger partial charge in [0.2, 0.25) is 0 Å². The summed E-state index contributed by atoms with van der Waals surface area (Å²) >= 11 is 0. The van der Waals surface area contributed by atoms with Gasteiger partial charge in [0.1, 0.15) is 5.75 Å². The Morgan fingerprint density at radius 3 is 2.62 bits per heavy atom. The molecule has 0 bridgehead atoms. The van der Waals surface area contributed by atoms with Gasteiger partial charge in [0.05, 0.1) is 14.2 Å². The highest BCUT2D eigenvalue weighted by Crippen LogP contribution is 2.19. The van der Waals surface area contributed by atoms with E-state index in [0.29, 0.717) is 12.1 Å². The van der Waals surface area contributed by atoms with Gasteiger partial charge in [-0.2, -0.15) is 0 Å². The second-order valence-corrected chi connectivity index (χ2v) is 4.71. The molecular weight excluding hydrogens is 269 g/mol. The van der Waals surface area contributed by atoms with Crippen LogP contribution in [0.2, 0.25) is 0 Å². The molecule has 2 aromatic carbocycles. The molecule has 0 aliphatic heterocycles. The third-order valence-corrected chi connectivity index (χ3v) is 3.30. The van der Waals surface area contributed by atoms with Crippen molar-refractivity contribution in [1.82, 2.24) is 5.32 Å². The number of nitrogens with one attached hydrogen (secondary N) is 1. The van der Waals surface area contributed by atoms with Gasteiger partial charge in [-0.3, -0.25) is 0 Å². The molecule has 0 fully saturated rings. The fourth-order valence-corrected chi connectivity index (χ4v) is 2.13. The standard InChI is InChI=1S/C17H20FNO2/c1-20-15-7-3-5-13(11-15)9-10-19-12-14-6-4-8-16(21-2)17(14)18/h3-8,11,19H,9-10,12H2,1-2H3. The second-order valence-electron chi connectivity index (χ2n) is 4.71. The van der Waals surface area contributed by atoms with Crippen molar-refractivity contribution < 1.29 is 13.9 Å². The molecule has 21 heavy (non-hydrogen) atoms. The lowest BCUT2D eigenvalue weighted by atomic mass is 10.1. The van der Waals surface area contributed by atoms with Crippen LogP contribution in [0.3, 0.4) is 0 Å². The largest absolute Gasteiger partial charge is 0.497 e. The zero-order chi connectivity index (χ0) is 15.1. The molecule has 0 amide bonds. The summed E-state index contributed by atoms with van der Waals surface area (Å²) in [6, 6.07) is 13.1. The first kappa shape index (κ1) is 15.3. The van der Waals surface area contributed by atoms with E-state index in [4.69, 9.17) is 9.47 Å². The van der Waals surface area contributed by atoms with Crippen LogP contribution in [0.25, 0.3) is 0 Å². The van der Waals surface area contributed by atoms with Crippen LogP contribution < -0.4 is 14.8 Å². The molecule has 0 saturated heterocycles. The van der Waals surface area contributed by atoms with E-state index >= 15 is 0 Å². The van der Waals surface area contributed by atoms with Crippen LogP contribution in [0.5, 0.6) is 11.5 Å². The van der Waals surface area contributed by atoms with Gasteiger partial charge in [0, 0.05) is 12.1 Å². The molecule has 4 heteroatoms. The molecule has 0 spiro atoms. The first-order valence-electron chi connectivity index (χ1n) is 6.89. The summed E-state index contributed by atoms with van der Waals surface area (Å²) < 4.78 is 24.1. The van der Waals surface area contributed by atoms with E-state index in [0.717, 1.165) is 18.7 Å². The Hall–Kier alpha value is -2.07. The van der Waals surface area contributed by atoms with E-state index in [1.54, 1.807) is 25.3 Å².